The van der Waals surface area contributed by atoms with Crippen molar-refractivity contribution in [2.45, 2.75) is 38.0 Å². The number of likely N-dealkylation sites (tertiary alicyclic amines) is 2. The lowest BCUT2D eigenvalue weighted by Gasteiger charge is -2.33. The Morgan fingerprint density at radius 3 is 2.38 bits per heavy atom. The fourth-order valence-corrected chi connectivity index (χ4v) is 4.43. The average molecular weight is 438 g/mol. The maximum atomic E-state index is 11.9. The van der Waals surface area contributed by atoms with Crippen molar-refractivity contribution in [3.8, 4) is 0 Å². The maximum absolute atomic E-state index is 11.9. The number of nitrogens with one attached hydrogen (secondary N) is 3. The summed E-state index contributed by atoms with van der Waals surface area (Å²) in [7, 11) is 0. The Labute approximate surface area is 188 Å². The number of aliphatic imine (C=N–C) groups is 1. The standard InChI is InChI=1S/C23H31N7O2/c1-2-19(31)29-14-10-17(11-15-29)16-6-8-18(9-7-16)25-22-20(21(24)32)27-28-23(26-22)30-12-4-3-5-13-30/h2,6-9,17,25,27H,1,3-5,10-15H2,(H2,24,32)(H,26,28). The first-order valence-corrected chi connectivity index (χ1v) is 11.2. The number of nitrogens with two attached hydrogens (primary N) is 1. The highest BCUT2D eigenvalue weighted by Gasteiger charge is 2.24. The van der Waals surface area contributed by atoms with E-state index in [0.29, 0.717) is 17.7 Å². The van der Waals surface area contributed by atoms with Crippen LogP contribution in [0.1, 0.15) is 43.6 Å². The van der Waals surface area contributed by atoms with Gasteiger partial charge >= 0.3 is 0 Å². The first kappa shape index (κ1) is 21.7. The summed E-state index contributed by atoms with van der Waals surface area (Å²) in [6.07, 6.45) is 6.71. The van der Waals surface area contributed by atoms with Gasteiger partial charge in [-0.25, -0.2) is 0 Å². The minimum absolute atomic E-state index is 0.00147. The molecule has 3 heterocycles. The van der Waals surface area contributed by atoms with Gasteiger partial charge in [-0.1, -0.05) is 18.7 Å². The lowest BCUT2D eigenvalue weighted by atomic mass is 9.89. The summed E-state index contributed by atoms with van der Waals surface area (Å²) < 4.78 is 0. The van der Waals surface area contributed by atoms with E-state index in [-0.39, 0.29) is 11.6 Å². The highest BCUT2D eigenvalue weighted by Crippen LogP contribution is 2.29. The number of benzene rings is 1. The maximum Gasteiger partial charge on any atom is 0.270 e. The molecular formula is C23H31N7O2. The van der Waals surface area contributed by atoms with Gasteiger partial charge in [0.05, 0.1) is 0 Å². The van der Waals surface area contributed by atoms with Gasteiger partial charge in [-0.05, 0) is 61.8 Å². The predicted molar refractivity (Wildman–Crippen MR) is 124 cm³/mol. The van der Waals surface area contributed by atoms with Crippen LogP contribution in [0.15, 0.2) is 53.4 Å². The zero-order valence-electron chi connectivity index (χ0n) is 18.3. The third kappa shape index (κ3) is 4.87. The molecule has 0 saturated carbocycles. The molecule has 9 nitrogen and oxygen atoms in total. The van der Waals surface area contributed by atoms with Crippen molar-refractivity contribution in [2.75, 3.05) is 31.5 Å². The summed E-state index contributed by atoms with van der Waals surface area (Å²) in [5, 5.41) is 3.24. The van der Waals surface area contributed by atoms with E-state index in [1.165, 1.54) is 18.1 Å². The van der Waals surface area contributed by atoms with E-state index in [1.54, 1.807) is 0 Å². The average Bonchev–Trinajstić information content (AvgIpc) is 2.84. The van der Waals surface area contributed by atoms with Gasteiger partial charge < -0.3 is 20.9 Å². The minimum atomic E-state index is -0.584. The number of primary amides is 1. The predicted octanol–water partition coefficient (Wildman–Crippen LogP) is 1.59. The highest BCUT2D eigenvalue weighted by atomic mass is 16.2. The number of piperidine rings is 2. The SMILES string of the molecule is C=CC(=O)N1CCC(c2ccc(NC3=C(C(N)=O)NNC(N4CCCCC4)=N3)cc2)CC1. The molecule has 1 aromatic rings. The van der Waals surface area contributed by atoms with Crippen molar-refractivity contribution in [3.05, 3.63) is 54.0 Å². The summed E-state index contributed by atoms with van der Waals surface area (Å²) in [5.41, 5.74) is 13.7. The van der Waals surface area contributed by atoms with Crippen molar-refractivity contribution in [1.82, 2.24) is 20.7 Å². The molecule has 1 aromatic carbocycles. The molecule has 3 aliphatic rings. The third-order valence-electron chi connectivity index (χ3n) is 6.28. The molecule has 0 spiro atoms. The molecule has 9 heteroatoms. The van der Waals surface area contributed by atoms with Crippen molar-refractivity contribution in [2.24, 2.45) is 10.7 Å². The number of rotatable bonds is 5. The zero-order valence-corrected chi connectivity index (χ0v) is 18.3. The number of hydrazine groups is 1. The van der Waals surface area contributed by atoms with E-state index >= 15 is 0 Å². The van der Waals surface area contributed by atoms with Gasteiger partial charge in [-0.2, -0.15) is 4.99 Å². The largest absolute Gasteiger partial charge is 0.364 e. The Morgan fingerprint density at radius 1 is 1.06 bits per heavy atom. The van der Waals surface area contributed by atoms with Crippen molar-refractivity contribution >= 4 is 23.5 Å². The van der Waals surface area contributed by atoms with Gasteiger partial charge in [0.25, 0.3) is 5.91 Å². The summed E-state index contributed by atoms with van der Waals surface area (Å²) >= 11 is 0. The quantitative estimate of drug-likeness (QED) is 0.520. The second-order valence-electron chi connectivity index (χ2n) is 8.37. The smallest absolute Gasteiger partial charge is 0.270 e. The second-order valence-corrected chi connectivity index (χ2v) is 8.37. The Balaban J connectivity index is 1.44. The monoisotopic (exact) mass is 437 g/mol. The molecular weight excluding hydrogens is 406 g/mol. The summed E-state index contributed by atoms with van der Waals surface area (Å²) in [4.78, 5) is 32.3. The Hall–Kier alpha value is -3.49. The van der Waals surface area contributed by atoms with Crippen LogP contribution < -0.4 is 21.9 Å². The molecule has 0 radical (unpaired) electrons. The first-order valence-electron chi connectivity index (χ1n) is 11.2. The summed E-state index contributed by atoms with van der Waals surface area (Å²) in [5.74, 6) is 0.929. The Morgan fingerprint density at radius 2 is 1.75 bits per heavy atom. The van der Waals surface area contributed by atoms with E-state index in [4.69, 9.17) is 5.73 Å². The van der Waals surface area contributed by atoms with E-state index in [2.05, 4.69) is 44.8 Å². The Kier molecular flexibility index (Phi) is 6.63. The molecule has 0 aliphatic carbocycles. The number of carbonyl (C=O) groups excluding carboxylic acids is 2. The molecule has 5 N–H and O–H groups in total. The molecule has 2 fully saturated rings. The fraction of sp³-hybridized carbons (Fsp3) is 0.435. The van der Waals surface area contributed by atoms with Gasteiger partial charge in [0.2, 0.25) is 11.9 Å². The summed E-state index contributed by atoms with van der Waals surface area (Å²) in [6, 6.07) is 8.15. The molecule has 0 aromatic heterocycles. The number of hydrogen-bond donors (Lipinski definition) is 4. The topological polar surface area (TPSA) is 115 Å². The summed E-state index contributed by atoms with van der Waals surface area (Å²) in [6.45, 7) is 6.92. The third-order valence-corrected chi connectivity index (χ3v) is 6.28. The molecule has 2 saturated heterocycles. The van der Waals surface area contributed by atoms with Crippen LogP contribution in [0.25, 0.3) is 0 Å². The first-order chi connectivity index (χ1) is 15.5. The van der Waals surface area contributed by atoms with Crippen LogP contribution in [0.2, 0.25) is 0 Å². The van der Waals surface area contributed by atoms with Gasteiger partial charge in [0.1, 0.15) is 0 Å². The normalized spacial score (nSPS) is 19.6. The number of carbonyl (C=O) groups is 2. The van der Waals surface area contributed by atoms with Crippen LogP contribution in [-0.2, 0) is 9.59 Å². The van der Waals surface area contributed by atoms with Crippen LogP contribution >= 0.6 is 0 Å². The molecule has 0 atom stereocenters. The molecule has 3 aliphatic heterocycles. The molecule has 0 unspecified atom stereocenters. The minimum Gasteiger partial charge on any atom is -0.364 e. The molecule has 32 heavy (non-hydrogen) atoms. The van der Waals surface area contributed by atoms with Crippen LogP contribution in [0.5, 0.6) is 0 Å². The number of guanidine groups is 1. The van der Waals surface area contributed by atoms with Gasteiger partial charge in [-0.3, -0.25) is 20.4 Å². The van der Waals surface area contributed by atoms with Crippen molar-refractivity contribution < 1.29 is 9.59 Å². The second kappa shape index (κ2) is 9.76. The molecule has 2 amide bonds. The van der Waals surface area contributed by atoms with Gasteiger partial charge in [0.15, 0.2) is 11.5 Å². The van der Waals surface area contributed by atoms with E-state index in [9.17, 15) is 9.59 Å². The van der Waals surface area contributed by atoms with E-state index < -0.39 is 5.91 Å². The van der Waals surface area contributed by atoms with Crippen LogP contribution in [0, 0.1) is 0 Å². The molecule has 170 valence electrons. The number of hydrogen-bond acceptors (Lipinski definition) is 7. The van der Waals surface area contributed by atoms with Gasteiger partial charge in [-0.15, -0.1) is 0 Å². The van der Waals surface area contributed by atoms with E-state index in [1.807, 2.05) is 17.0 Å². The van der Waals surface area contributed by atoms with Crippen molar-refractivity contribution in [3.63, 3.8) is 0 Å². The lowest BCUT2D eigenvalue weighted by Crippen LogP contribution is -2.53. The van der Waals surface area contributed by atoms with Crippen LogP contribution in [0.3, 0.4) is 0 Å². The fourth-order valence-electron chi connectivity index (χ4n) is 4.43. The van der Waals surface area contributed by atoms with E-state index in [0.717, 1.165) is 57.5 Å². The van der Waals surface area contributed by atoms with Crippen LogP contribution in [0.4, 0.5) is 5.69 Å². The zero-order chi connectivity index (χ0) is 22.5. The number of amides is 2. The van der Waals surface area contributed by atoms with Gasteiger partial charge in [0, 0.05) is 31.9 Å². The number of nitrogens with zero attached hydrogens (tertiary/aromatic N) is 3. The molecule has 0 bridgehead atoms. The van der Waals surface area contributed by atoms with Crippen LogP contribution in [-0.4, -0.2) is 53.8 Å². The molecule has 4 rings (SSSR count). The van der Waals surface area contributed by atoms with Crippen molar-refractivity contribution in [1.29, 1.82) is 0 Å². The highest BCUT2D eigenvalue weighted by molar-refractivity contribution is 5.95. The number of anilines is 1. The lowest BCUT2D eigenvalue weighted by molar-refractivity contribution is -0.127. The Bertz CT molecular complexity index is 924.